The zero-order chi connectivity index (χ0) is 16.8. The van der Waals surface area contributed by atoms with Crippen LogP contribution in [0.4, 0.5) is 0 Å². The summed E-state index contributed by atoms with van der Waals surface area (Å²) in [6.07, 6.45) is 0.245. The molecule has 2 aromatic rings. The van der Waals surface area contributed by atoms with Crippen LogP contribution in [0, 0.1) is 5.92 Å². The van der Waals surface area contributed by atoms with Gasteiger partial charge in [-0.15, -0.1) is 22.7 Å². The minimum absolute atomic E-state index is 0.00353. The molecule has 2 rings (SSSR count). The topological polar surface area (TPSA) is 58.2 Å². The second-order valence-corrected chi connectivity index (χ2v) is 7.74. The Bertz CT molecular complexity index is 621. The Labute approximate surface area is 144 Å². The first-order valence-electron chi connectivity index (χ1n) is 7.60. The van der Waals surface area contributed by atoms with Crippen LogP contribution in [-0.4, -0.2) is 11.8 Å². The van der Waals surface area contributed by atoms with Crippen molar-refractivity contribution in [3.8, 4) is 0 Å². The molecule has 2 heterocycles. The van der Waals surface area contributed by atoms with E-state index < -0.39 is 0 Å². The number of amides is 2. The Balaban J connectivity index is 2.04. The van der Waals surface area contributed by atoms with Crippen molar-refractivity contribution < 1.29 is 9.59 Å². The van der Waals surface area contributed by atoms with E-state index in [1.165, 1.54) is 6.92 Å². The second-order valence-electron chi connectivity index (χ2n) is 5.78. The van der Waals surface area contributed by atoms with Gasteiger partial charge in [0.05, 0.1) is 18.5 Å². The van der Waals surface area contributed by atoms with Crippen LogP contribution in [0.2, 0.25) is 0 Å². The van der Waals surface area contributed by atoms with E-state index in [0.717, 1.165) is 9.75 Å². The summed E-state index contributed by atoms with van der Waals surface area (Å²) in [6, 6.07) is 7.63. The van der Waals surface area contributed by atoms with Gasteiger partial charge in [-0.1, -0.05) is 26.0 Å². The third-order valence-corrected chi connectivity index (χ3v) is 5.43. The molecule has 23 heavy (non-hydrogen) atoms. The molecule has 0 unspecified atom stereocenters. The molecular weight excluding hydrogens is 328 g/mol. The number of rotatable bonds is 7. The van der Waals surface area contributed by atoms with Crippen molar-refractivity contribution in [1.29, 1.82) is 0 Å². The molecule has 0 fully saturated rings. The SMILES string of the molecule is CC(=O)N[C@@H](CC(=O)N[C@H](c1cccs1)C(C)C)c1cccs1. The van der Waals surface area contributed by atoms with Gasteiger partial charge in [0.25, 0.3) is 0 Å². The maximum atomic E-state index is 12.5. The van der Waals surface area contributed by atoms with Gasteiger partial charge in [0.2, 0.25) is 11.8 Å². The van der Waals surface area contributed by atoms with E-state index in [1.807, 2.05) is 35.0 Å². The van der Waals surface area contributed by atoms with Gasteiger partial charge in [0.1, 0.15) is 0 Å². The Morgan fingerprint density at radius 3 is 2.13 bits per heavy atom. The van der Waals surface area contributed by atoms with Crippen molar-refractivity contribution in [2.45, 2.75) is 39.3 Å². The van der Waals surface area contributed by atoms with E-state index in [-0.39, 0.29) is 30.3 Å². The summed E-state index contributed by atoms with van der Waals surface area (Å²) in [7, 11) is 0. The summed E-state index contributed by atoms with van der Waals surface area (Å²) >= 11 is 3.19. The lowest BCUT2D eigenvalue weighted by atomic mass is 10.0. The number of thiophene rings is 2. The van der Waals surface area contributed by atoms with Crippen LogP contribution in [0.15, 0.2) is 35.0 Å². The lowest BCUT2D eigenvalue weighted by molar-refractivity contribution is -0.123. The average molecular weight is 351 g/mol. The highest BCUT2D eigenvalue weighted by atomic mass is 32.1. The summed E-state index contributed by atoms with van der Waals surface area (Å²) in [5.74, 6) is 0.123. The van der Waals surface area contributed by atoms with E-state index in [4.69, 9.17) is 0 Å². The van der Waals surface area contributed by atoms with Gasteiger partial charge < -0.3 is 10.6 Å². The quantitative estimate of drug-likeness (QED) is 0.796. The maximum Gasteiger partial charge on any atom is 0.222 e. The lowest BCUT2D eigenvalue weighted by Gasteiger charge is -2.23. The van der Waals surface area contributed by atoms with Crippen LogP contribution < -0.4 is 10.6 Å². The predicted octanol–water partition coefficient (Wildman–Crippen LogP) is 3.89. The first-order valence-corrected chi connectivity index (χ1v) is 9.36. The molecule has 0 aliphatic carbocycles. The summed E-state index contributed by atoms with van der Waals surface area (Å²) in [5, 5.41) is 9.94. The van der Waals surface area contributed by atoms with E-state index in [9.17, 15) is 9.59 Å². The molecule has 2 N–H and O–H groups in total. The number of carbonyl (C=O) groups is 2. The standard InChI is InChI=1S/C17H22N2O2S2/c1-11(2)17(15-7-5-9-23-15)19-16(21)10-13(18-12(3)20)14-6-4-8-22-14/h4-9,11,13,17H,10H2,1-3H3,(H,18,20)(H,19,21)/t13-,17-/m0/s1. The molecule has 0 aliphatic rings. The number of hydrogen-bond acceptors (Lipinski definition) is 4. The van der Waals surface area contributed by atoms with Gasteiger partial charge in [-0.25, -0.2) is 0 Å². The Morgan fingerprint density at radius 2 is 1.65 bits per heavy atom. The fourth-order valence-electron chi connectivity index (χ4n) is 2.41. The molecule has 4 nitrogen and oxygen atoms in total. The molecule has 0 saturated heterocycles. The molecule has 0 aromatic carbocycles. The zero-order valence-electron chi connectivity index (χ0n) is 13.5. The Kier molecular flexibility index (Phi) is 6.36. The third kappa shape index (κ3) is 5.18. The summed E-state index contributed by atoms with van der Waals surface area (Å²) in [5.41, 5.74) is 0. The molecule has 2 atom stereocenters. The van der Waals surface area contributed by atoms with Gasteiger partial charge >= 0.3 is 0 Å². The monoisotopic (exact) mass is 350 g/mol. The molecule has 0 aliphatic heterocycles. The first kappa shape index (κ1) is 17.7. The first-order chi connectivity index (χ1) is 11.0. The van der Waals surface area contributed by atoms with Crippen LogP contribution in [0.3, 0.4) is 0 Å². The van der Waals surface area contributed by atoms with Crippen molar-refractivity contribution in [2.24, 2.45) is 5.92 Å². The lowest BCUT2D eigenvalue weighted by Crippen LogP contribution is -2.35. The molecule has 0 spiro atoms. The molecule has 0 saturated carbocycles. The van der Waals surface area contributed by atoms with Gasteiger partial charge in [-0.3, -0.25) is 9.59 Å². The highest BCUT2D eigenvalue weighted by Gasteiger charge is 2.23. The minimum atomic E-state index is -0.274. The minimum Gasteiger partial charge on any atom is -0.348 e. The molecule has 0 radical (unpaired) electrons. The highest BCUT2D eigenvalue weighted by molar-refractivity contribution is 7.10. The van der Waals surface area contributed by atoms with Crippen LogP contribution in [0.5, 0.6) is 0 Å². The molecule has 0 bridgehead atoms. The molecule has 2 amide bonds. The average Bonchev–Trinajstić information content (AvgIpc) is 3.16. The Hall–Kier alpha value is -1.66. The van der Waals surface area contributed by atoms with E-state index >= 15 is 0 Å². The van der Waals surface area contributed by atoms with Crippen molar-refractivity contribution in [3.05, 3.63) is 44.8 Å². The fourth-order valence-corrected chi connectivity index (χ4v) is 4.14. The highest BCUT2D eigenvalue weighted by Crippen LogP contribution is 2.27. The van der Waals surface area contributed by atoms with Gasteiger partial charge in [0, 0.05) is 16.7 Å². The maximum absolute atomic E-state index is 12.5. The number of carbonyl (C=O) groups excluding carboxylic acids is 2. The van der Waals surface area contributed by atoms with Gasteiger partial charge in [-0.05, 0) is 28.8 Å². The van der Waals surface area contributed by atoms with Crippen molar-refractivity contribution >= 4 is 34.5 Å². The number of hydrogen-bond donors (Lipinski definition) is 2. The largest absolute Gasteiger partial charge is 0.348 e. The van der Waals surface area contributed by atoms with E-state index in [0.29, 0.717) is 5.92 Å². The number of nitrogens with one attached hydrogen (secondary N) is 2. The third-order valence-electron chi connectivity index (χ3n) is 3.49. The van der Waals surface area contributed by atoms with Crippen molar-refractivity contribution in [2.75, 3.05) is 0 Å². The fraction of sp³-hybridized carbons (Fsp3) is 0.412. The summed E-state index contributed by atoms with van der Waals surface area (Å²) in [6.45, 7) is 5.66. The smallest absolute Gasteiger partial charge is 0.222 e. The van der Waals surface area contributed by atoms with Crippen LogP contribution >= 0.6 is 22.7 Å². The van der Waals surface area contributed by atoms with Crippen LogP contribution in [-0.2, 0) is 9.59 Å². The van der Waals surface area contributed by atoms with Crippen LogP contribution in [0.25, 0.3) is 0 Å². The predicted molar refractivity (Wildman–Crippen MR) is 95.5 cm³/mol. The van der Waals surface area contributed by atoms with Crippen molar-refractivity contribution in [1.82, 2.24) is 10.6 Å². The normalized spacial score (nSPS) is 13.6. The second kappa shape index (κ2) is 8.26. The Morgan fingerprint density at radius 1 is 1.04 bits per heavy atom. The summed E-state index contributed by atoms with van der Waals surface area (Å²) in [4.78, 5) is 26.0. The summed E-state index contributed by atoms with van der Waals surface area (Å²) < 4.78 is 0. The molecule has 6 heteroatoms. The zero-order valence-corrected chi connectivity index (χ0v) is 15.2. The molecule has 2 aromatic heterocycles. The van der Waals surface area contributed by atoms with Gasteiger partial charge in [-0.2, -0.15) is 0 Å². The molecule has 124 valence electrons. The van der Waals surface area contributed by atoms with Gasteiger partial charge in [0.15, 0.2) is 0 Å². The molecular formula is C17H22N2O2S2. The van der Waals surface area contributed by atoms with E-state index in [1.54, 1.807) is 22.7 Å². The van der Waals surface area contributed by atoms with E-state index in [2.05, 4.69) is 24.5 Å². The van der Waals surface area contributed by atoms with Crippen LogP contribution in [0.1, 0.15) is 49.0 Å². The van der Waals surface area contributed by atoms with Crippen molar-refractivity contribution in [3.63, 3.8) is 0 Å².